The van der Waals surface area contributed by atoms with E-state index < -0.39 is 0 Å². The van der Waals surface area contributed by atoms with Gasteiger partial charge in [0.25, 0.3) is 0 Å². The van der Waals surface area contributed by atoms with Crippen LogP contribution in [0.3, 0.4) is 0 Å². The summed E-state index contributed by atoms with van der Waals surface area (Å²) in [7, 11) is 0. The van der Waals surface area contributed by atoms with Gasteiger partial charge in [-0.3, -0.25) is 0 Å². The maximum Gasteiger partial charge on any atom is 0.134 e. The van der Waals surface area contributed by atoms with Crippen molar-refractivity contribution in [3.05, 3.63) is 41.0 Å². The largest absolute Gasteiger partial charge is 0.493 e. The van der Waals surface area contributed by atoms with E-state index in [0.717, 1.165) is 57.1 Å². The molecule has 0 atom stereocenters. The summed E-state index contributed by atoms with van der Waals surface area (Å²) < 4.78 is 7.89. The molecule has 0 saturated carbocycles. The number of nitrogens with one attached hydrogen (secondary N) is 1. The van der Waals surface area contributed by atoms with Gasteiger partial charge >= 0.3 is 0 Å². The van der Waals surface area contributed by atoms with Crippen molar-refractivity contribution in [3.8, 4) is 5.75 Å². The van der Waals surface area contributed by atoms with Gasteiger partial charge in [0.2, 0.25) is 0 Å². The van der Waals surface area contributed by atoms with Crippen LogP contribution in [0.15, 0.2) is 18.2 Å². The predicted octanol–water partition coefficient (Wildman–Crippen LogP) is 2.27. The highest BCUT2D eigenvalue weighted by atomic mass is 16.5. The first-order valence-electron chi connectivity index (χ1n) is 8.76. The van der Waals surface area contributed by atoms with Crippen molar-refractivity contribution in [2.24, 2.45) is 0 Å². The monoisotopic (exact) mass is 312 g/mol. The Hall–Kier alpha value is -1.88. The van der Waals surface area contributed by atoms with Gasteiger partial charge in [0.1, 0.15) is 17.4 Å². The van der Waals surface area contributed by atoms with E-state index >= 15 is 0 Å². The molecule has 5 nitrogen and oxygen atoms in total. The van der Waals surface area contributed by atoms with E-state index in [-0.39, 0.29) is 0 Å². The molecule has 122 valence electrons. The number of ether oxygens (including phenoxy) is 1. The summed E-state index contributed by atoms with van der Waals surface area (Å²) >= 11 is 0. The van der Waals surface area contributed by atoms with Crippen LogP contribution in [0.25, 0.3) is 0 Å². The van der Waals surface area contributed by atoms with Crippen LogP contribution < -0.4 is 10.1 Å². The lowest BCUT2D eigenvalue weighted by atomic mass is 10.1. The van der Waals surface area contributed by atoms with Gasteiger partial charge in [-0.25, -0.2) is 0 Å². The highest BCUT2D eigenvalue weighted by Crippen LogP contribution is 2.25. The summed E-state index contributed by atoms with van der Waals surface area (Å²) in [6.07, 6.45) is 6.87. The first-order chi connectivity index (χ1) is 11.4. The number of hydrogen-bond acceptors (Lipinski definition) is 4. The standard InChI is InChI=1S/C18H24N4O/c1-2-4-17-20-21-18(22(17)10-3-1)7-9-19-13-14-5-6-16-15(12-14)8-11-23-16/h5-6,12,19H,1-4,7-11,13H2. The maximum atomic E-state index is 5.55. The Bertz CT molecular complexity index is 680. The van der Waals surface area contributed by atoms with Crippen LogP contribution in [-0.2, 0) is 32.4 Å². The minimum atomic E-state index is 0.824. The second-order valence-corrected chi connectivity index (χ2v) is 6.46. The van der Waals surface area contributed by atoms with Gasteiger partial charge in [-0.1, -0.05) is 18.6 Å². The fourth-order valence-electron chi connectivity index (χ4n) is 3.51. The zero-order valence-corrected chi connectivity index (χ0v) is 13.6. The van der Waals surface area contributed by atoms with E-state index in [9.17, 15) is 0 Å². The van der Waals surface area contributed by atoms with Crippen molar-refractivity contribution in [1.29, 1.82) is 0 Å². The average molecular weight is 312 g/mol. The SMILES string of the molecule is c1cc2c(cc1CNCCc1nnc3n1CCCCC3)CCO2. The van der Waals surface area contributed by atoms with E-state index in [2.05, 4.69) is 38.3 Å². The maximum absolute atomic E-state index is 5.55. The third-order valence-electron chi connectivity index (χ3n) is 4.79. The van der Waals surface area contributed by atoms with Crippen LogP contribution in [0.4, 0.5) is 0 Å². The lowest BCUT2D eigenvalue weighted by molar-refractivity contribution is 0.357. The molecule has 5 heteroatoms. The molecule has 0 aliphatic carbocycles. The molecule has 3 heterocycles. The zero-order valence-electron chi connectivity index (χ0n) is 13.6. The van der Waals surface area contributed by atoms with Gasteiger partial charge in [-0.15, -0.1) is 10.2 Å². The minimum Gasteiger partial charge on any atom is -0.493 e. The lowest BCUT2D eigenvalue weighted by Crippen LogP contribution is -2.19. The van der Waals surface area contributed by atoms with Crippen LogP contribution in [0.5, 0.6) is 5.75 Å². The Morgan fingerprint density at radius 2 is 2.13 bits per heavy atom. The molecule has 0 spiro atoms. The van der Waals surface area contributed by atoms with Crippen LogP contribution in [-0.4, -0.2) is 27.9 Å². The molecule has 0 unspecified atom stereocenters. The minimum absolute atomic E-state index is 0.824. The molecule has 2 aliphatic rings. The average Bonchev–Trinajstić information content (AvgIpc) is 3.12. The molecule has 1 aromatic heterocycles. The Balaban J connectivity index is 1.30. The second-order valence-electron chi connectivity index (χ2n) is 6.46. The molecule has 4 rings (SSSR count). The third-order valence-corrected chi connectivity index (χ3v) is 4.79. The summed E-state index contributed by atoms with van der Waals surface area (Å²) in [5.74, 6) is 3.37. The number of benzene rings is 1. The van der Waals surface area contributed by atoms with Gasteiger partial charge in [-0.05, 0) is 30.0 Å². The van der Waals surface area contributed by atoms with Gasteiger partial charge in [-0.2, -0.15) is 0 Å². The predicted molar refractivity (Wildman–Crippen MR) is 88.6 cm³/mol. The van der Waals surface area contributed by atoms with Crippen molar-refractivity contribution in [2.45, 2.75) is 51.6 Å². The molecule has 1 N–H and O–H groups in total. The Morgan fingerprint density at radius 3 is 3.13 bits per heavy atom. The Labute approximate surface area is 137 Å². The molecule has 1 aromatic carbocycles. The van der Waals surface area contributed by atoms with Crippen LogP contribution in [0, 0.1) is 0 Å². The van der Waals surface area contributed by atoms with Crippen molar-refractivity contribution >= 4 is 0 Å². The summed E-state index contributed by atoms with van der Waals surface area (Å²) in [4.78, 5) is 0. The number of aromatic nitrogens is 3. The third kappa shape index (κ3) is 3.24. The molecule has 2 aromatic rings. The number of fused-ring (bicyclic) bond motifs is 2. The van der Waals surface area contributed by atoms with Gasteiger partial charge < -0.3 is 14.6 Å². The molecule has 2 aliphatic heterocycles. The molecular weight excluding hydrogens is 288 g/mol. The summed E-state index contributed by atoms with van der Waals surface area (Å²) in [5, 5.41) is 12.3. The van der Waals surface area contributed by atoms with Crippen molar-refractivity contribution in [3.63, 3.8) is 0 Å². The fourth-order valence-corrected chi connectivity index (χ4v) is 3.51. The van der Waals surface area contributed by atoms with E-state index in [4.69, 9.17) is 4.74 Å². The van der Waals surface area contributed by atoms with Gasteiger partial charge in [0.05, 0.1) is 6.61 Å². The molecule has 0 radical (unpaired) electrons. The van der Waals surface area contributed by atoms with Gasteiger partial charge in [0, 0.05) is 38.9 Å². The fraction of sp³-hybridized carbons (Fsp3) is 0.556. The first-order valence-corrected chi connectivity index (χ1v) is 8.76. The smallest absolute Gasteiger partial charge is 0.134 e. The highest BCUT2D eigenvalue weighted by Gasteiger charge is 2.14. The molecule has 0 saturated heterocycles. The van der Waals surface area contributed by atoms with Crippen molar-refractivity contribution in [1.82, 2.24) is 20.1 Å². The Kier molecular flexibility index (Phi) is 4.28. The highest BCUT2D eigenvalue weighted by molar-refractivity contribution is 5.39. The molecule has 23 heavy (non-hydrogen) atoms. The molecular formula is C18H24N4O. The van der Waals surface area contributed by atoms with Crippen LogP contribution in [0.1, 0.15) is 42.0 Å². The van der Waals surface area contributed by atoms with E-state index in [0.29, 0.717) is 0 Å². The number of rotatable bonds is 5. The molecule has 0 amide bonds. The van der Waals surface area contributed by atoms with E-state index in [1.165, 1.54) is 36.2 Å². The summed E-state index contributed by atoms with van der Waals surface area (Å²) in [6, 6.07) is 6.51. The number of aryl methyl sites for hydroxylation is 1. The first kappa shape index (κ1) is 14.7. The number of hydrogen-bond donors (Lipinski definition) is 1. The van der Waals surface area contributed by atoms with Crippen molar-refractivity contribution < 1.29 is 4.74 Å². The Morgan fingerprint density at radius 1 is 1.13 bits per heavy atom. The summed E-state index contributed by atoms with van der Waals surface area (Å²) in [6.45, 7) is 3.74. The number of nitrogens with zero attached hydrogens (tertiary/aromatic N) is 3. The summed E-state index contributed by atoms with van der Waals surface area (Å²) in [5.41, 5.74) is 2.67. The normalized spacial score (nSPS) is 16.5. The van der Waals surface area contributed by atoms with Crippen molar-refractivity contribution in [2.75, 3.05) is 13.2 Å². The second kappa shape index (κ2) is 6.71. The molecule has 0 fully saturated rings. The van der Waals surface area contributed by atoms with E-state index in [1.54, 1.807) is 0 Å². The molecule has 0 bridgehead atoms. The van der Waals surface area contributed by atoms with Crippen LogP contribution in [0.2, 0.25) is 0 Å². The quantitative estimate of drug-likeness (QED) is 0.861. The lowest BCUT2D eigenvalue weighted by Gasteiger charge is -2.08. The van der Waals surface area contributed by atoms with Gasteiger partial charge in [0.15, 0.2) is 0 Å². The zero-order chi connectivity index (χ0) is 15.5. The topological polar surface area (TPSA) is 52.0 Å². The van der Waals surface area contributed by atoms with E-state index in [1.807, 2.05) is 0 Å². The van der Waals surface area contributed by atoms with Crippen LogP contribution >= 0.6 is 0 Å².